The number of carbonyl (C=O) groups is 2. The van der Waals surface area contributed by atoms with Gasteiger partial charge in [0.15, 0.2) is 0 Å². The van der Waals surface area contributed by atoms with E-state index in [0.29, 0.717) is 11.4 Å². The summed E-state index contributed by atoms with van der Waals surface area (Å²) >= 11 is 0. The van der Waals surface area contributed by atoms with Gasteiger partial charge in [-0.1, -0.05) is 12.1 Å². The minimum Gasteiger partial charge on any atom is -0.478 e. The topological polar surface area (TPSA) is 82.5 Å². The molecule has 2 rings (SSSR count). The zero-order valence-electron chi connectivity index (χ0n) is 11.7. The number of benzene rings is 1. The second-order valence-electron chi connectivity index (χ2n) is 4.60. The average molecular weight is 285 g/mol. The Bertz CT molecular complexity index is 683. The Kier molecular flexibility index (Phi) is 4.18. The van der Waals surface area contributed by atoms with Crippen molar-refractivity contribution in [3.05, 3.63) is 53.7 Å². The van der Waals surface area contributed by atoms with Gasteiger partial charge in [-0.15, -0.1) is 0 Å². The van der Waals surface area contributed by atoms with E-state index >= 15 is 0 Å². The number of amides is 1. The number of carboxylic acid groups (broad SMARTS) is 1. The molecule has 0 bridgehead atoms. The highest BCUT2D eigenvalue weighted by Crippen LogP contribution is 2.17. The highest BCUT2D eigenvalue weighted by atomic mass is 16.4. The number of nitrogens with zero attached hydrogens (tertiary/aromatic N) is 2. The van der Waals surface area contributed by atoms with Crippen molar-refractivity contribution in [1.82, 2.24) is 4.98 Å². The molecule has 0 spiro atoms. The van der Waals surface area contributed by atoms with E-state index in [-0.39, 0.29) is 17.2 Å². The summed E-state index contributed by atoms with van der Waals surface area (Å²) in [7, 11) is 3.65. The Balaban J connectivity index is 2.26. The van der Waals surface area contributed by atoms with E-state index < -0.39 is 5.97 Å². The van der Waals surface area contributed by atoms with Crippen LogP contribution in [0, 0.1) is 0 Å². The number of hydrogen-bond acceptors (Lipinski definition) is 4. The molecule has 1 aromatic heterocycles. The lowest BCUT2D eigenvalue weighted by atomic mass is 10.1. The van der Waals surface area contributed by atoms with Gasteiger partial charge in [-0.25, -0.2) is 9.78 Å². The van der Waals surface area contributed by atoms with Crippen molar-refractivity contribution >= 4 is 23.4 Å². The summed E-state index contributed by atoms with van der Waals surface area (Å²) in [4.78, 5) is 29.2. The zero-order valence-corrected chi connectivity index (χ0v) is 11.7. The molecular formula is C15H15N3O3. The van der Waals surface area contributed by atoms with Gasteiger partial charge < -0.3 is 15.3 Å². The summed E-state index contributed by atoms with van der Waals surface area (Å²) < 4.78 is 0. The fourth-order valence-corrected chi connectivity index (χ4v) is 1.78. The number of hydrogen-bond donors (Lipinski definition) is 2. The number of para-hydroxylation sites is 1. The van der Waals surface area contributed by atoms with Crippen LogP contribution < -0.4 is 10.2 Å². The molecule has 0 saturated heterocycles. The predicted octanol–water partition coefficient (Wildman–Crippen LogP) is 2.10. The Morgan fingerprint density at radius 1 is 1.19 bits per heavy atom. The molecule has 1 heterocycles. The van der Waals surface area contributed by atoms with Gasteiger partial charge in [-0.2, -0.15) is 0 Å². The van der Waals surface area contributed by atoms with Gasteiger partial charge in [0.1, 0.15) is 5.82 Å². The van der Waals surface area contributed by atoms with Gasteiger partial charge in [0.05, 0.1) is 11.3 Å². The number of rotatable bonds is 4. The van der Waals surface area contributed by atoms with Crippen LogP contribution in [0.4, 0.5) is 11.5 Å². The lowest BCUT2D eigenvalue weighted by Crippen LogP contribution is -2.16. The quantitative estimate of drug-likeness (QED) is 0.899. The maximum Gasteiger partial charge on any atom is 0.337 e. The van der Waals surface area contributed by atoms with E-state index in [9.17, 15) is 9.59 Å². The van der Waals surface area contributed by atoms with Crippen molar-refractivity contribution in [3.8, 4) is 0 Å². The molecule has 6 heteroatoms. The second-order valence-corrected chi connectivity index (χ2v) is 4.60. The number of carboxylic acids is 1. The molecule has 108 valence electrons. The van der Waals surface area contributed by atoms with Crippen LogP contribution in [0.3, 0.4) is 0 Å². The van der Waals surface area contributed by atoms with E-state index in [1.807, 2.05) is 14.1 Å². The van der Waals surface area contributed by atoms with Crippen LogP contribution in [0.15, 0.2) is 42.6 Å². The summed E-state index contributed by atoms with van der Waals surface area (Å²) in [6, 6.07) is 9.48. The van der Waals surface area contributed by atoms with Crippen LogP contribution in [0.2, 0.25) is 0 Å². The monoisotopic (exact) mass is 285 g/mol. The van der Waals surface area contributed by atoms with E-state index in [1.54, 1.807) is 35.2 Å². The number of nitrogens with one attached hydrogen (secondary N) is 1. The Labute approximate surface area is 122 Å². The summed E-state index contributed by atoms with van der Waals surface area (Å²) in [5, 5.41) is 11.7. The van der Waals surface area contributed by atoms with Crippen molar-refractivity contribution in [2.75, 3.05) is 24.3 Å². The average Bonchev–Trinajstić information content (AvgIpc) is 2.47. The van der Waals surface area contributed by atoms with E-state index in [2.05, 4.69) is 10.3 Å². The summed E-state index contributed by atoms with van der Waals surface area (Å²) in [5.74, 6) is -0.821. The molecule has 0 saturated carbocycles. The van der Waals surface area contributed by atoms with Crippen molar-refractivity contribution < 1.29 is 14.7 Å². The van der Waals surface area contributed by atoms with Crippen LogP contribution in [0.1, 0.15) is 20.7 Å². The van der Waals surface area contributed by atoms with Crippen LogP contribution in [0.25, 0.3) is 0 Å². The van der Waals surface area contributed by atoms with Crippen molar-refractivity contribution in [1.29, 1.82) is 0 Å². The van der Waals surface area contributed by atoms with Crippen molar-refractivity contribution in [2.24, 2.45) is 0 Å². The Hall–Kier alpha value is -2.89. The molecule has 0 aliphatic carbocycles. The first kappa shape index (κ1) is 14.5. The SMILES string of the molecule is CN(C)c1cc(C(=O)Nc2ccccc2C(=O)O)ccn1. The lowest BCUT2D eigenvalue weighted by molar-refractivity contribution is 0.0698. The number of pyridine rings is 1. The highest BCUT2D eigenvalue weighted by molar-refractivity contribution is 6.07. The first-order valence-electron chi connectivity index (χ1n) is 6.26. The largest absolute Gasteiger partial charge is 0.478 e. The first-order chi connectivity index (χ1) is 9.99. The van der Waals surface area contributed by atoms with Gasteiger partial charge in [-0.3, -0.25) is 4.79 Å². The maximum absolute atomic E-state index is 12.2. The van der Waals surface area contributed by atoms with Crippen LogP contribution in [0.5, 0.6) is 0 Å². The molecule has 1 amide bonds. The van der Waals surface area contributed by atoms with Crippen molar-refractivity contribution in [2.45, 2.75) is 0 Å². The normalized spacial score (nSPS) is 10.0. The van der Waals surface area contributed by atoms with Gasteiger partial charge in [0.25, 0.3) is 5.91 Å². The highest BCUT2D eigenvalue weighted by Gasteiger charge is 2.13. The fourth-order valence-electron chi connectivity index (χ4n) is 1.78. The molecular weight excluding hydrogens is 270 g/mol. The molecule has 0 fully saturated rings. The van der Waals surface area contributed by atoms with Crippen LogP contribution in [-0.2, 0) is 0 Å². The molecule has 0 radical (unpaired) electrons. The Morgan fingerprint density at radius 3 is 2.57 bits per heavy atom. The third-order valence-corrected chi connectivity index (χ3v) is 2.87. The number of anilines is 2. The Morgan fingerprint density at radius 2 is 1.90 bits per heavy atom. The molecule has 1 aromatic carbocycles. The zero-order chi connectivity index (χ0) is 15.4. The summed E-state index contributed by atoms with van der Waals surface area (Å²) in [5.41, 5.74) is 0.722. The standard InChI is InChI=1S/C15H15N3O3/c1-18(2)13-9-10(7-8-16-13)14(19)17-12-6-4-3-5-11(12)15(20)21/h3-9H,1-2H3,(H,17,19)(H,20,21). The fraction of sp³-hybridized carbons (Fsp3) is 0.133. The third kappa shape index (κ3) is 3.36. The molecule has 0 unspecified atom stereocenters. The molecule has 2 aromatic rings. The minimum absolute atomic E-state index is 0.0488. The summed E-state index contributed by atoms with van der Waals surface area (Å²) in [6.07, 6.45) is 1.54. The molecule has 2 N–H and O–H groups in total. The number of aromatic nitrogens is 1. The van der Waals surface area contributed by atoms with E-state index in [0.717, 1.165) is 0 Å². The third-order valence-electron chi connectivity index (χ3n) is 2.87. The van der Waals surface area contributed by atoms with E-state index in [1.165, 1.54) is 12.3 Å². The lowest BCUT2D eigenvalue weighted by Gasteiger charge is -2.12. The molecule has 0 atom stereocenters. The number of aromatic carboxylic acids is 1. The maximum atomic E-state index is 12.2. The molecule has 21 heavy (non-hydrogen) atoms. The number of carbonyl (C=O) groups excluding carboxylic acids is 1. The molecule has 0 aliphatic heterocycles. The minimum atomic E-state index is -1.09. The smallest absolute Gasteiger partial charge is 0.337 e. The molecule has 6 nitrogen and oxygen atoms in total. The van der Waals surface area contributed by atoms with Crippen LogP contribution >= 0.6 is 0 Å². The van der Waals surface area contributed by atoms with Crippen molar-refractivity contribution in [3.63, 3.8) is 0 Å². The molecule has 0 aliphatic rings. The van der Waals surface area contributed by atoms with Gasteiger partial charge in [0.2, 0.25) is 0 Å². The predicted molar refractivity (Wildman–Crippen MR) is 79.9 cm³/mol. The first-order valence-corrected chi connectivity index (χ1v) is 6.26. The summed E-state index contributed by atoms with van der Waals surface area (Å²) in [6.45, 7) is 0. The van der Waals surface area contributed by atoms with E-state index in [4.69, 9.17) is 5.11 Å². The van der Waals surface area contributed by atoms with Gasteiger partial charge in [-0.05, 0) is 24.3 Å². The van der Waals surface area contributed by atoms with Gasteiger partial charge >= 0.3 is 5.97 Å². The van der Waals surface area contributed by atoms with Crippen LogP contribution in [-0.4, -0.2) is 36.1 Å². The second kappa shape index (κ2) is 6.04. The van der Waals surface area contributed by atoms with Gasteiger partial charge in [0, 0.05) is 25.9 Å².